The van der Waals surface area contributed by atoms with Gasteiger partial charge in [-0.2, -0.15) is 5.26 Å². The molecular weight excluding hydrogens is 152 g/mol. The first kappa shape index (κ1) is 8.69. The Morgan fingerprint density at radius 3 is 2.83 bits per heavy atom. The summed E-state index contributed by atoms with van der Waals surface area (Å²) in [7, 11) is 0. The second-order valence-corrected chi connectivity index (χ2v) is 2.72. The van der Waals surface area contributed by atoms with Crippen LogP contribution >= 0.6 is 0 Å². The zero-order valence-electron chi connectivity index (χ0n) is 6.86. The van der Waals surface area contributed by atoms with Gasteiger partial charge >= 0.3 is 0 Å². The van der Waals surface area contributed by atoms with Crippen molar-refractivity contribution < 1.29 is 5.11 Å². The molecule has 0 amide bonds. The number of aromatic nitrogens is 1. The lowest BCUT2D eigenvalue weighted by atomic mass is 10.1. The lowest BCUT2D eigenvalue weighted by Crippen LogP contribution is -2.04. The Labute approximate surface area is 71.3 Å². The van der Waals surface area contributed by atoms with Crippen LogP contribution in [-0.2, 0) is 6.42 Å². The maximum absolute atomic E-state index is 9.04. The molecule has 1 aromatic rings. The summed E-state index contributed by atoms with van der Waals surface area (Å²) in [5.41, 5.74) is 1.35. The van der Waals surface area contributed by atoms with Gasteiger partial charge in [0.15, 0.2) is 0 Å². The molecule has 0 aromatic carbocycles. The summed E-state index contributed by atoms with van der Waals surface area (Å²) in [4.78, 5) is 3.88. The zero-order valence-corrected chi connectivity index (χ0v) is 6.86. The van der Waals surface area contributed by atoms with Crippen molar-refractivity contribution in [1.82, 2.24) is 4.98 Å². The van der Waals surface area contributed by atoms with Gasteiger partial charge in [0.2, 0.25) is 0 Å². The van der Waals surface area contributed by atoms with E-state index in [0.29, 0.717) is 12.1 Å². The van der Waals surface area contributed by atoms with E-state index in [1.807, 2.05) is 6.07 Å². The third-order valence-electron chi connectivity index (χ3n) is 1.47. The number of hydrogen-bond donors (Lipinski definition) is 1. The second kappa shape index (κ2) is 3.84. The Morgan fingerprint density at radius 1 is 1.67 bits per heavy atom. The van der Waals surface area contributed by atoms with Gasteiger partial charge in [-0.3, -0.25) is 0 Å². The van der Waals surface area contributed by atoms with Crippen LogP contribution in [0.15, 0.2) is 18.3 Å². The molecule has 1 rings (SSSR count). The van der Waals surface area contributed by atoms with Gasteiger partial charge in [-0.1, -0.05) is 6.07 Å². The van der Waals surface area contributed by atoms with Crippen LogP contribution in [0.2, 0.25) is 0 Å². The summed E-state index contributed by atoms with van der Waals surface area (Å²) in [5.74, 6) is 0. The molecule has 0 aliphatic carbocycles. The number of nitriles is 1. The molecule has 0 saturated carbocycles. The summed E-state index contributed by atoms with van der Waals surface area (Å²) < 4.78 is 0. The largest absolute Gasteiger partial charge is 0.393 e. The van der Waals surface area contributed by atoms with Crippen LogP contribution < -0.4 is 0 Å². The molecule has 0 aliphatic rings. The minimum atomic E-state index is -0.361. The number of aliphatic hydroxyl groups is 1. The Hall–Kier alpha value is -1.40. The Morgan fingerprint density at radius 2 is 2.42 bits per heavy atom. The normalized spacial score (nSPS) is 12.1. The maximum Gasteiger partial charge on any atom is 0.140 e. The van der Waals surface area contributed by atoms with Crippen LogP contribution in [-0.4, -0.2) is 16.2 Å². The summed E-state index contributed by atoms with van der Waals surface area (Å²) in [6, 6.07) is 5.39. The molecule has 0 aliphatic heterocycles. The van der Waals surface area contributed by atoms with Crippen molar-refractivity contribution in [2.75, 3.05) is 0 Å². The van der Waals surface area contributed by atoms with E-state index in [4.69, 9.17) is 10.4 Å². The van der Waals surface area contributed by atoms with Gasteiger partial charge in [-0.15, -0.1) is 0 Å². The van der Waals surface area contributed by atoms with E-state index < -0.39 is 0 Å². The molecular formula is C9H10N2O. The lowest BCUT2D eigenvalue weighted by molar-refractivity contribution is 0.195. The molecule has 0 saturated heterocycles. The van der Waals surface area contributed by atoms with E-state index in [9.17, 15) is 0 Å². The van der Waals surface area contributed by atoms with Gasteiger partial charge in [-0.25, -0.2) is 4.98 Å². The third-order valence-corrected chi connectivity index (χ3v) is 1.47. The predicted molar refractivity (Wildman–Crippen MR) is 44.3 cm³/mol. The highest BCUT2D eigenvalue weighted by atomic mass is 16.3. The molecule has 12 heavy (non-hydrogen) atoms. The summed E-state index contributed by atoms with van der Waals surface area (Å²) in [6.45, 7) is 1.72. The zero-order chi connectivity index (χ0) is 8.97. The highest BCUT2D eigenvalue weighted by Gasteiger charge is 1.98. The number of rotatable bonds is 2. The molecule has 0 fully saturated rings. The standard InChI is InChI=1S/C9H10N2O/c1-7(12)4-8-2-3-9(5-10)11-6-8/h2-3,6-7,12H,4H2,1H3. The monoisotopic (exact) mass is 162 g/mol. The Kier molecular flexibility index (Phi) is 2.78. The SMILES string of the molecule is CC(O)Cc1ccc(C#N)nc1. The molecule has 1 heterocycles. The molecule has 62 valence electrons. The molecule has 0 spiro atoms. The topological polar surface area (TPSA) is 56.9 Å². The van der Waals surface area contributed by atoms with Crippen LogP contribution in [0.5, 0.6) is 0 Å². The first-order valence-electron chi connectivity index (χ1n) is 3.75. The fourth-order valence-corrected chi connectivity index (χ4v) is 0.952. The number of aliphatic hydroxyl groups excluding tert-OH is 1. The fraction of sp³-hybridized carbons (Fsp3) is 0.333. The second-order valence-electron chi connectivity index (χ2n) is 2.72. The average Bonchev–Trinajstić information content (AvgIpc) is 2.05. The minimum Gasteiger partial charge on any atom is -0.393 e. The minimum absolute atomic E-state index is 0.361. The van der Waals surface area contributed by atoms with Crippen molar-refractivity contribution in [3.63, 3.8) is 0 Å². The first-order chi connectivity index (χ1) is 5.72. The molecule has 3 nitrogen and oxygen atoms in total. The Balaban J connectivity index is 2.73. The van der Waals surface area contributed by atoms with Crippen molar-refractivity contribution >= 4 is 0 Å². The van der Waals surface area contributed by atoms with E-state index in [1.54, 1.807) is 25.3 Å². The third kappa shape index (κ3) is 2.33. The summed E-state index contributed by atoms with van der Waals surface area (Å²) in [6.07, 6.45) is 1.84. The van der Waals surface area contributed by atoms with Crippen LogP contribution in [0.4, 0.5) is 0 Å². The molecule has 3 heteroatoms. The molecule has 1 unspecified atom stereocenters. The highest BCUT2D eigenvalue weighted by molar-refractivity contribution is 5.23. The average molecular weight is 162 g/mol. The van der Waals surface area contributed by atoms with Crippen LogP contribution in [0.1, 0.15) is 18.2 Å². The van der Waals surface area contributed by atoms with Gasteiger partial charge in [0.05, 0.1) is 6.10 Å². The molecule has 1 atom stereocenters. The predicted octanol–water partition coefficient (Wildman–Crippen LogP) is 0.877. The van der Waals surface area contributed by atoms with Gasteiger partial charge in [0.25, 0.3) is 0 Å². The van der Waals surface area contributed by atoms with Crippen molar-refractivity contribution in [1.29, 1.82) is 5.26 Å². The number of pyridine rings is 1. The molecule has 1 aromatic heterocycles. The van der Waals surface area contributed by atoms with Crippen LogP contribution in [0, 0.1) is 11.3 Å². The van der Waals surface area contributed by atoms with Gasteiger partial charge in [0.1, 0.15) is 11.8 Å². The quantitative estimate of drug-likeness (QED) is 0.702. The summed E-state index contributed by atoms with van der Waals surface area (Å²) >= 11 is 0. The van der Waals surface area contributed by atoms with E-state index in [-0.39, 0.29) is 6.10 Å². The van der Waals surface area contributed by atoms with Crippen LogP contribution in [0.25, 0.3) is 0 Å². The van der Waals surface area contributed by atoms with E-state index in [2.05, 4.69) is 4.98 Å². The van der Waals surface area contributed by atoms with E-state index in [0.717, 1.165) is 5.56 Å². The summed E-state index contributed by atoms with van der Waals surface area (Å²) in [5, 5.41) is 17.5. The fourth-order valence-electron chi connectivity index (χ4n) is 0.952. The van der Waals surface area contributed by atoms with Crippen molar-refractivity contribution in [2.24, 2.45) is 0 Å². The highest BCUT2D eigenvalue weighted by Crippen LogP contribution is 2.02. The van der Waals surface area contributed by atoms with Gasteiger partial charge < -0.3 is 5.11 Å². The lowest BCUT2D eigenvalue weighted by Gasteiger charge is -2.02. The van der Waals surface area contributed by atoms with E-state index >= 15 is 0 Å². The van der Waals surface area contributed by atoms with Crippen molar-refractivity contribution in [3.8, 4) is 6.07 Å². The Bertz CT molecular complexity index is 284. The van der Waals surface area contributed by atoms with Gasteiger partial charge in [-0.05, 0) is 25.0 Å². The van der Waals surface area contributed by atoms with Crippen molar-refractivity contribution in [2.45, 2.75) is 19.4 Å². The van der Waals surface area contributed by atoms with E-state index in [1.165, 1.54) is 0 Å². The number of hydrogen-bond acceptors (Lipinski definition) is 3. The molecule has 0 radical (unpaired) electrons. The first-order valence-corrected chi connectivity index (χ1v) is 3.75. The smallest absolute Gasteiger partial charge is 0.140 e. The van der Waals surface area contributed by atoms with Crippen LogP contribution in [0.3, 0.4) is 0 Å². The van der Waals surface area contributed by atoms with Crippen molar-refractivity contribution in [3.05, 3.63) is 29.6 Å². The molecule has 1 N–H and O–H groups in total. The number of nitrogens with zero attached hydrogens (tertiary/aromatic N) is 2. The molecule has 0 bridgehead atoms. The maximum atomic E-state index is 9.04. The van der Waals surface area contributed by atoms with Gasteiger partial charge in [0, 0.05) is 6.20 Å².